The average molecular weight is 348 g/mol. The first kappa shape index (κ1) is 16.7. The molecule has 2 aromatic heterocycles. The van der Waals surface area contributed by atoms with E-state index in [1.54, 1.807) is 6.20 Å². The van der Waals surface area contributed by atoms with Crippen LogP contribution in [-0.4, -0.2) is 38.7 Å². The van der Waals surface area contributed by atoms with Gasteiger partial charge in [0.25, 0.3) is 0 Å². The van der Waals surface area contributed by atoms with Gasteiger partial charge < -0.3 is 15.2 Å². The van der Waals surface area contributed by atoms with Gasteiger partial charge in [-0.1, -0.05) is 30.3 Å². The fraction of sp³-hybridized carbons (Fsp3) is 0.350. The minimum Gasteiger partial charge on any atom is -0.365 e. The summed E-state index contributed by atoms with van der Waals surface area (Å²) < 4.78 is 2.19. The minimum atomic E-state index is 0.407. The molecule has 0 bridgehead atoms. The topological polar surface area (TPSA) is 67.7 Å². The summed E-state index contributed by atoms with van der Waals surface area (Å²) in [7, 11) is 0. The third-order valence-corrected chi connectivity index (χ3v) is 4.78. The summed E-state index contributed by atoms with van der Waals surface area (Å²) >= 11 is 0. The minimum absolute atomic E-state index is 0.407. The molecule has 1 fully saturated rings. The van der Waals surface area contributed by atoms with E-state index in [2.05, 4.69) is 49.4 Å². The number of nitrogens with zero attached hydrogens (tertiary/aromatic N) is 4. The van der Waals surface area contributed by atoms with Gasteiger partial charge in [0.15, 0.2) is 0 Å². The van der Waals surface area contributed by atoms with Crippen molar-refractivity contribution in [2.75, 3.05) is 18.4 Å². The van der Waals surface area contributed by atoms with Crippen LogP contribution in [0, 0.1) is 6.92 Å². The number of aryl methyl sites for hydroxylation is 1. The standard InChI is InChI=1S/C20H24N6/c1-15-23-12-19(26(15)14-16-6-3-2-4-7-16)18-11-22-13-20(25-18)24-17-8-5-9-21-10-17/h2-4,6-7,11-13,17,21H,5,8-10,14H2,1H3,(H,24,25). The highest BCUT2D eigenvalue weighted by atomic mass is 15.1. The number of imidazole rings is 1. The van der Waals surface area contributed by atoms with Gasteiger partial charge in [-0.15, -0.1) is 0 Å². The van der Waals surface area contributed by atoms with Gasteiger partial charge in [-0.3, -0.25) is 4.98 Å². The number of rotatable bonds is 5. The molecule has 1 aromatic carbocycles. The molecule has 3 aromatic rings. The molecule has 6 heteroatoms. The van der Waals surface area contributed by atoms with Crippen molar-refractivity contribution in [3.8, 4) is 11.4 Å². The Morgan fingerprint density at radius 3 is 2.88 bits per heavy atom. The van der Waals surface area contributed by atoms with Crippen LogP contribution >= 0.6 is 0 Å². The Labute approximate surface area is 153 Å². The van der Waals surface area contributed by atoms with Crippen molar-refractivity contribution < 1.29 is 0 Å². The average Bonchev–Trinajstić information content (AvgIpc) is 3.04. The molecule has 1 saturated heterocycles. The molecule has 1 unspecified atom stereocenters. The lowest BCUT2D eigenvalue weighted by Crippen LogP contribution is -2.38. The van der Waals surface area contributed by atoms with Crippen molar-refractivity contribution in [2.24, 2.45) is 0 Å². The first-order valence-corrected chi connectivity index (χ1v) is 9.15. The summed E-state index contributed by atoms with van der Waals surface area (Å²) in [5, 5.41) is 6.92. The molecule has 134 valence electrons. The molecular weight excluding hydrogens is 324 g/mol. The SMILES string of the molecule is Cc1ncc(-c2cncc(NC3CCCNC3)n2)n1Cc1ccccc1. The number of piperidine rings is 1. The highest BCUT2D eigenvalue weighted by Crippen LogP contribution is 2.21. The molecule has 0 amide bonds. The second kappa shape index (κ2) is 7.66. The van der Waals surface area contributed by atoms with Crippen LogP contribution in [0.3, 0.4) is 0 Å². The molecule has 1 aliphatic heterocycles. The number of aromatic nitrogens is 4. The quantitative estimate of drug-likeness (QED) is 0.742. The Morgan fingerprint density at radius 2 is 2.08 bits per heavy atom. The summed E-state index contributed by atoms with van der Waals surface area (Å²) in [6, 6.07) is 10.8. The van der Waals surface area contributed by atoms with Crippen LogP contribution in [-0.2, 0) is 6.54 Å². The zero-order chi connectivity index (χ0) is 17.8. The third kappa shape index (κ3) is 3.75. The number of benzene rings is 1. The van der Waals surface area contributed by atoms with E-state index in [0.29, 0.717) is 6.04 Å². The van der Waals surface area contributed by atoms with Crippen LogP contribution in [0.1, 0.15) is 24.2 Å². The van der Waals surface area contributed by atoms with E-state index in [1.165, 1.54) is 12.0 Å². The molecule has 4 rings (SSSR count). The summed E-state index contributed by atoms with van der Waals surface area (Å²) in [6.45, 7) is 4.86. The van der Waals surface area contributed by atoms with E-state index in [0.717, 1.165) is 49.1 Å². The van der Waals surface area contributed by atoms with Crippen LogP contribution in [0.5, 0.6) is 0 Å². The molecule has 3 heterocycles. The lowest BCUT2D eigenvalue weighted by atomic mass is 10.1. The van der Waals surface area contributed by atoms with Gasteiger partial charge in [0.05, 0.1) is 24.3 Å². The summed E-state index contributed by atoms with van der Waals surface area (Å²) in [5.74, 6) is 1.79. The molecule has 1 aliphatic rings. The highest BCUT2D eigenvalue weighted by molar-refractivity contribution is 5.56. The second-order valence-corrected chi connectivity index (χ2v) is 6.74. The maximum absolute atomic E-state index is 4.79. The lowest BCUT2D eigenvalue weighted by molar-refractivity contribution is 0.479. The zero-order valence-electron chi connectivity index (χ0n) is 15.0. The smallest absolute Gasteiger partial charge is 0.145 e. The van der Waals surface area contributed by atoms with E-state index in [9.17, 15) is 0 Å². The van der Waals surface area contributed by atoms with Crippen LogP contribution in [0.4, 0.5) is 5.82 Å². The number of hydrogen-bond acceptors (Lipinski definition) is 5. The molecule has 26 heavy (non-hydrogen) atoms. The normalized spacial score (nSPS) is 17.2. The van der Waals surface area contributed by atoms with Crippen molar-refractivity contribution in [1.82, 2.24) is 24.8 Å². The van der Waals surface area contributed by atoms with E-state index in [1.807, 2.05) is 25.4 Å². The predicted molar refractivity (Wildman–Crippen MR) is 103 cm³/mol. The number of nitrogens with one attached hydrogen (secondary N) is 2. The summed E-state index contributed by atoms with van der Waals surface area (Å²) in [5.41, 5.74) is 3.07. The first-order chi connectivity index (χ1) is 12.8. The maximum Gasteiger partial charge on any atom is 0.145 e. The molecule has 0 aliphatic carbocycles. The van der Waals surface area contributed by atoms with Crippen LogP contribution in [0.25, 0.3) is 11.4 Å². The Morgan fingerprint density at radius 1 is 1.19 bits per heavy atom. The van der Waals surface area contributed by atoms with Gasteiger partial charge in [0.1, 0.15) is 17.3 Å². The highest BCUT2D eigenvalue weighted by Gasteiger charge is 2.15. The van der Waals surface area contributed by atoms with E-state index < -0.39 is 0 Å². The van der Waals surface area contributed by atoms with Gasteiger partial charge in [-0.2, -0.15) is 0 Å². The molecule has 0 radical (unpaired) electrons. The molecule has 1 atom stereocenters. The Hall–Kier alpha value is -2.73. The van der Waals surface area contributed by atoms with Gasteiger partial charge in [0.2, 0.25) is 0 Å². The first-order valence-electron chi connectivity index (χ1n) is 9.15. The fourth-order valence-electron chi connectivity index (χ4n) is 3.38. The fourth-order valence-corrected chi connectivity index (χ4v) is 3.38. The van der Waals surface area contributed by atoms with Crippen molar-refractivity contribution in [2.45, 2.75) is 32.4 Å². The molecule has 6 nitrogen and oxygen atoms in total. The second-order valence-electron chi connectivity index (χ2n) is 6.74. The van der Waals surface area contributed by atoms with Gasteiger partial charge in [-0.25, -0.2) is 9.97 Å². The summed E-state index contributed by atoms with van der Waals surface area (Å²) in [4.78, 5) is 13.7. The van der Waals surface area contributed by atoms with E-state index in [-0.39, 0.29) is 0 Å². The third-order valence-electron chi connectivity index (χ3n) is 4.78. The monoisotopic (exact) mass is 348 g/mol. The molecule has 0 saturated carbocycles. The molecule has 0 spiro atoms. The van der Waals surface area contributed by atoms with E-state index >= 15 is 0 Å². The Bertz CT molecular complexity index is 852. The van der Waals surface area contributed by atoms with Crippen molar-refractivity contribution in [3.63, 3.8) is 0 Å². The van der Waals surface area contributed by atoms with Gasteiger partial charge in [-0.05, 0) is 31.9 Å². The van der Waals surface area contributed by atoms with Crippen LogP contribution in [0.15, 0.2) is 48.9 Å². The number of anilines is 1. The lowest BCUT2D eigenvalue weighted by Gasteiger charge is -2.24. The van der Waals surface area contributed by atoms with Crippen molar-refractivity contribution in [3.05, 3.63) is 60.3 Å². The van der Waals surface area contributed by atoms with Crippen molar-refractivity contribution in [1.29, 1.82) is 0 Å². The Kier molecular flexibility index (Phi) is 4.93. The molecular formula is C20H24N6. The Balaban J connectivity index is 1.58. The largest absolute Gasteiger partial charge is 0.365 e. The van der Waals surface area contributed by atoms with Gasteiger partial charge in [0, 0.05) is 19.1 Å². The van der Waals surface area contributed by atoms with E-state index in [4.69, 9.17) is 4.98 Å². The van der Waals surface area contributed by atoms with Crippen LogP contribution < -0.4 is 10.6 Å². The van der Waals surface area contributed by atoms with Crippen LogP contribution in [0.2, 0.25) is 0 Å². The zero-order valence-corrected chi connectivity index (χ0v) is 15.0. The molecule has 2 N–H and O–H groups in total. The van der Waals surface area contributed by atoms with Gasteiger partial charge >= 0.3 is 0 Å². The predicted octanol–water partition coefficient (Wildman–Crippen LogP) is 2.86. The van der Waals surface area contributed by atoms with Crippen molar-refractivity contribution >= 4 is 5.82 Å². The number of hydrogen-bond donors (Lipinski definition) is 2. The summed E-state index contributed by atoms with van der Waals surface area (Å²) in [6.07, 6.45) is 7.83. The maximum atomic E-state index is 4.79.